The lowest BCUT2D eigenvalue weighted by atomic mass is 10.1. The molecule has 1 aliphatic heterocycles. The number of aliphatic hydroxyl groups excluding tert-OH is 2. The minimum atomic E-state index is -0.533. The van der Waals surface area contributed by atoms with Crippen LogP contribution in [0, 0.1) is 6.92 Å². The molecular formula is C16H24IN3O3. The van der Waals surface area contributed by atoms with Crippen LogP contribution in [0.25, 0.3) is 3.58 Å². The summed E-state index contributed by atoms with van der Waals surface area (Å²) in [5.41, 5.74) is 7.73. The number of aryl methyl sites for hydroxylation is 1. The maximum absolute atomic E-state index is 9.69. The summed E-state index contributed by atoms with van der Waals surface area (Å²) >= 11 is 2.27. The van der Waals surface area contributed by atoms with Crippen LogP contribution in [-0.2, 0) is 4.74 Å². The molecule has 1 saturated heterocycles. The molecule has 0 aliphatic carbocycles. The molecule has 0 radical (unpaired) electrons. The lowest BCUT2D eigenvalue weighted by Crippen LogP contribution is -2.24. The fourth-order valence-corrected chi connectivity index (χ4v) is 3.78. The molecule has 3 atom stereocenters. The average molecular weight is 433 g/mol. The van der Waals surface area contributed by atoms with Crippen LogP contribution in [0.15, 0.2) is 12.4 Å². The van der Waals surface area contributed by atoms with E-state index in [2.05, 4.69) is 38.6 Å². The molecule has 0 unspecified atom stereocenters. The number of hydrogen-bond acceptors (Lipinski definition) is 6. The van der Waals surface area contributed by atoms with E-state index in [-0.39, 0.29) is 12.7 Å². The zero-order valence-electron chi connectivity index (χ0n) is 13.3. The van der Waals surface area contributed by atoms with Gasteiger partial charge in [-0.05, 0) is 48.8 Å². The van der Waals surface area contributed by atoms with E-state index in [1.54, 1.807) is 0 Å². The quantitative estimate of drug-likeness (QED) is 0.450. The highest BCUT2D eigenvalue weighted by Gasteiger charge is 2.32. The molecule has 23 heavy (non-hydrogen) atoms. The molecule has 0 aromatic carbocycles. The van der Waals surface area contributed by atoms with E-state index >= 15 is 0 Å². The summed E-state index contributed by atoms with van der Waals surface area (Å²) in [6.07, 6.45) is 7.30. The summed E-state index contributed by atoms with van der Waals surface area (Å²) in [6.45, 7) is 1.82. The van der Waals surface area contributed by atoms with Gasteiger partial charge in [0.2, 0.25) is 0 Å². The molecule has 4 N–H and O–H groups in total. The van der Waals surface area contributed by atoms with Gasteiger partial charge in [0.05, 0.1) is 30.1 Å². The number of nitrogens with two attached hydrogens (primary N) is 1. The van der Waals surface area contributed by atoms with Gasteiger partial charge in [-0.1, -0.05) is 12.5 Å². The van der Waals surface area contributed by atoms with Crippen molar-refractivity contribution in [2.45, 2.75) is 57.3 Å². The van der Waals surface area contributed by atoms with Crippen molar-refractivity contribution < 1.29 is 14.9 Å². The predicted molar refractivity (Wildman–Crippen MR) is 98.0 cm³/mol. The fraction of sp³-hybridized carbons (Fsp3) is 0.625. The lowest BCUT2D eigenvalue weighted by molar-refractivity contribution is -0.0241. The van der Waals surface area contributed by atoms with Crippen LogP contribution in [0.5, 0.6) is 0 Å². The molecule has 1 fully saturated rings. The second-order valence-electron chi connectivity index (χ2n) is 5.84. The molecule has 128 valence electrons. The predicted octanol–water partition coefficient (Wildman–Crippen LogP) is 2.21. The lowest BCUT2D eigenvalue weighted by Gasteiger charge is -2.11. The summed E-state index contributed by atoms with van der Waals surface area (Å²) in [7, 11) is 0. The number of aliphatic hydroxyl groups is 2. The second-order valence-corrected chi connectivity index (χ2v) is 7.00. The van der Waals surface area contributed by atoms with Gasteiger partial charge in [-0.15, -0.1) is 0 Å². The Morgan fingerprint density at radius 3 is 2.91 bits per heavy atom. The van der Waals surface area contributed by atoms with Crippen molar-refractivity contribution in [2.75, 3.05) is 12.3 Å². The van der Waals surface area contributed by atoms with Crippen LogP contribution in [0.2, 0.25) is 0 Å². The van der Waals surface area contributed by atoms with Gasteiger partial charge in [-0.2, -0.15) is 0 Å². The van der Waals surface area contributed by atoms with E-state index in [0.29, 0.717) is 12.2 Å². The van der Waals surface area contributed by atoms with Gasteiger partial charge in [0.25, 0.3) is 0 Å². The Morgan fingerprint density at radius 2 is 2.26 bits per heavy atom. The first-order valence-corrected chi connectivity index (χ1v) is 8.98. The third-order valence-electron chi connectivity index (χ3n) is 4.09. The van der Waals surface area contributed by atoms with Gasteiger partial charge >= 0.3 is 0 Å². The Hall–Kier alpha value is -0.770. The molecule has 1 aromatic rings. The Morgan fingerprint density at radius 1 is 1.48 bits per heavy atom. The van der Waals surface area contributed by atoms with Gasteiger partial charge in [0.15, 0.2) is 0 Å². The SMILES string of the molecule is Cc1ncnc(N)c1/C(I)=C\CCCC[C@H]1C[C@@H](O)[C@@H](CO)O1. The summed E-state index contributed by atoms with van der Waals surface area (Å²) in [4.78, 5) is 8.22. The Kier molecular flexibility index (Phi) is 7.19. The van der Waals surface area contributed by atoms with Crippen molar-refractivity contribution in [3.63, 3.8) is 0 Å². The minimum Gasteiger partial charge on any atom is -0.394 e. The van der Waals surface area contributed by atoms with Crippen LogP contribution in [0.3, 0.4) is 0 Å². The molecule has 1 aliphatic rings. The standard InChI is InChI=1S/C16H24IN3O3/c1-10-15(16(18)20-9-19-10)12(17)6-4-2-3-5-11-7-13(22)14(8-21)23-11/h6,9,11,13-14,21-22H,2-5,7-8H2,1H3,(H2,18,19,20)/b12-6+/t11-,13+,14+/m0/s1. The van der Waals surface area contributed by atoms with E-state index in [4.69, 9.17) is 15.6 Å². The maximum atomic E-state index is 9.69. The van der Waals surface area contributed by atoms with Gasteiger partial charge < -0.3 is 20.7 Å². The molecule has 0 amide bonds. The number of nitrogen functional groups attached to an aromatic ring is 1. The summed E-state index contributed by atoms with van der Waals surface area (Å²) in [5.74, 6) is 0.515. The Balaban J connectivity index is 1.75. The monoisotopic (exact) mass is 433 g/mol. The number of aromatic nitrogens is 2. The highest BCUT2D eigenvalue weighted by Crippen LogP contribution is 2.29. The largest absolute Gasteiger partial charge is 0.394 e. The van der Waals surface area contributed by atoms with Crippen molar-refractivity contribution in [3.8, 4) is 0 Å². The maximum Gasteiger partial charge on any atom is 0.135 e. The number of halogens is 1. The van der Waals surface area contributed by atoms with Gasteiger partial charge in [-0.3, -0.25) is 0 Å². The number of anilines is 1. The molecular weight excluding hydrogens is 409 g/mol. The van der Waals surface area contributed by atoms with Gasteiger partial charge in [0.1, 0.15) is 18.2 Å². The fourth-order valence-electron chi connectivity index (χ4n) is 2.80. The normalized spacial score (nSPS) is 25.0. The molecule has 1 aromatic heterocycles. The Bertz CT molecular complexity index is 533. The van der Waals surface area contributed by atoms with Crippen LogP contribution in [0.4, 0.5) is 5.82 Å². The van der Waals surface area contributed by atoms with E-state index in [0.717, 1.165) is 40.5 Å². The topological polar surface area (TPSA) is 101 Å². The third kappa shape index (κ3) is 5.10. The van der Waals surface area contributed by atoms with Crippen molar-refractivity contribution in [2.24, 2.45) is 0 Å². The molecule has 6 nitrogen and oxygen atoms in total. The van der Waals surface area contributed by atoms with E-state index in [1.165, 1.54) is 6.33 Å². The highest BCUT2D eigenvalue weighted by molar-refractivity contribution is 14.1. The molecule has 0 spiro atoms. The number of hydrogen-bond donors (Lipinski definition) is 3. The molecule has 2 heterocycles. The third-order valence-corrected chi connectivity index (χ3v) is 5.07. The number of nitrogens with zero attached hydrogens (tertiary/aromatic N) is 2. The van der Waals surface area contributed by atoms with Crippen LogP contribution >= 0.6 is 22.6 Å². The summed E-state index contributed by atoms with van der Waals surface area (Å²) in [5, 5.41) is 18.8. The van der Waals surface area contributed by atoms with Crippen LogP contribution < -0.4 is 5.73 Å². The first-order valence-electron chi connectivity index (χ1n) is 7.90. The first-order chi connectivity index (χ1) is 11.0. The van der Waals surface area contributed by atoms with E-state index < -0.39 is 12.2 Å². The highest BCUT2D eigenvalue weighted by atomic mass is 127. The van der Waals surface area contributed by atoms with E-state index in [1.807, 2.05) is 6.92 Å². The second kappa shape index (κ2) is 8.91. The van der Waals surface area contributed by atoms with Gasteiger partial charge in [-0.25, -0.2) is 9.97 Å². The minimum absolute atomic E-state index is 0.0608. The van der Waals surface area contributed by atoms with Crippen LogP contribution in [0.1, 0.15) is 43.4 Å². The number of allylic oxidation sites excluding steroid dienone is 1. The molecule has 7 heteroatoms. The van der Waals surface area contributed by atoms with Crippen molar-refractivity contribution in [1.29, 1.82) is 0 Å². The zero-order chi connectivity index (χ0) is 16.8. The molecule has 2 rings (SSSR count). The zero-order valence-corrected chi connectivity index (χ0v) is 15.4. The molecule has 0 bridgehead atoms. The molecule has 0 saturated carbocycles. The van der Waals surface area contributed by atoms with Gasteiger partial charge in [0, 0.05) is 10.0 Å². The van der Waals surface area contributed by atoms with Crippen LogP contribution in [-0.4, -0.2) is 45.1 Å². The first kappa shape index (κ1) is 18.6. The number of rotatable bonds is 7. The van der Waals surface area contributed by atoms with Crippen molar-refractivity contribution in [3.05, 3.63) is 23.7 Å². The average Bonchev–Trinajstić information content (AvgIpc) is 2.86. The Labute approximate surface area is 150 Å². The van der Waals surface area contributed by atoms with Crippen molar-refractivity contribution in [1.82, 2.24) is 9.97 Å². The summed E-state index contributed by atoms with van der Waals surface area (Å²) < 4.78 is 6.68. The number of unbranched alkanes of at least 4 members (excludes halogenated alkanes) is 2. The van der Waals surface area contributed by atoms with E-state index in [9.17, 15) is 5.11 Å². The van der Waals surface area contributed by atoms with Crippen molar-refractivity contribution >= 4 is 32.0 Å². The smallest absolute Gasteiger partial charge is 0.135 e. The number of ether oxygens (including phenoxy) is 1. The summed E-state index contributed by atoms with van der Waals surface area (Å²) in [6, 6.07) is 0.